The largest absolute Gasteiger partial charge is 0.301 e. The summed E-state index contributed by atoms with van der Waals surface area (Å²) in [7, 11) is -4.54. The van der Waals surface area contributed by atoms with Crippen LogP contribution in [0.5, 0.6) is 0 Å². The number of nitro groups is 1. The van der Waals surface area contributed by atoms with Gasteiger partial charge in [-0.15, -0.1) is 0 Å². The molecule has 0 bridgehead atoms. The third-order valence-corrected chi connectivity index (χ3v) is 2.90. The summed E-state index contributed by atoms with van der Waals surface area (Å²) in [6.07, 6.45) is 0.0521. The van der Waals surface area contributed by atoms with Crippen LogP contribution in [0, 0.1) is 10.1 Å². The van der Waals surface area contributed by atoms with E-state index in [4.69, 9.17) is 4.55 Å². The summed E-state index contributed by atoms with van der Waals surface area (Å²) < 4.78 is 30.3. The van der Waals surface area contributed by atoms with Gasteiger partial charge < -0.3 is 4.79 Å². The highest BCUT2D eigenvalue weighted by molar-refractivity contribution is 7.86. The predicted octanol–water partition coefficient (Wildman–Crippen LogP) is 0.723. The molecule has 0 radical (unpaired) electrons. The number of nitrogens with zero attached hydrogens (tertiary/aromatic N) is 1. The van der Waals surface area contributed by atoms with Crippen LogP contribution in [0.15, 0.2) is 24.3 Å². The van der Waals surface area contributed by atoms with Crippen LogP contribution in [0.4, 0.5) is 5.69 Å². The van der Waals surface area contributed by atoms with Gasteiger partial charge in [-0.1, -0.05) is 12.1 Å². The Labute approximate surface area is 90.6 Å². The maximum absolute atomic E-state index is 10.8. The molecule has 0 amide bonds. The van der Waals surface area contributed by atoms with Crippen LogP contribution in [0.2, 0.25) is 0 Å². The van der Waals surface area contributed by atoms with Gasteiger partial charge in [0.1, 0.15) is 6.29 Å². The zero-order valence-electron chi connectivity index (χ0n) is 7.81. The van der Waals surface area contributed by atoms with Crippen LogP contribution in [-0.4, -0.2) is 24.2 Å². The number of nitro benzene ring substituents is 1. The number of carbonyl (C=O) groups is 1. The highest BCUT2D eigenvalue weighted by Crippen LogP contribution is 2.21. The van der Waals surface area contributed by atoms with Crippen molar-refractivity contribution in [3.05, 3.63) is 39.9 Å². The second kappa shape index (κ2) is 4.37. The monoisotopic (exact) mass is 245 g/mol. The van der Waals surface area contributed by atoms with Crippen molar-refractivity contribution >= 4 is 22.1 Å². The molecule has 0 aliphatic heterocycles. The second-order valence-corrected chi connectivity index (χ2v) is 4.46. The molecule has 1 unspecified atom stereocenters. The number of benzene rings is 1. The van der Waals surface area contributed by atoms with Gasteiger partial charge >= 0.3 is 0 Å². The molecule has 0 aromatic heterocycles. The van der Waals surface area contributed by atoms with Crippen molar-refractivity contribution in [1.29, 1.82) is 0 Å². The third-order valence-electron chi connectivity index (χ3n) is 1.88. The molecule has 0 aliphatic rings. The Kier molecular flexibility index (Phi) is 3.35. The summed E-state index contributed by atoms with van der Waals surface area (Å²) in [6, 6.07) is 4.31. The van der Waals surface area contributed by atoms with Crippen LogP contribution in [0.1, 0.15) is 10.8 Å². The lowest BCUT2D eigenvalue weighted by Crippen LogP contribution is -2.13. The molecule has 1 N–H and O–H groups in total. The molecule has 8 heteroatoms. The van der Waals surface area contributed by atoms with Gasteiger partial charge in [-0.05, 0) is 5.56 Å². The van der Waals surface area contributed by atoms with Gasteiger partial charge in [0, 0.05) is 12.1 Å². The van der Waals surface area contributed by atoms with E-state index in [1.807, 2.05) is 0 Å². The lowest BCUT2D eigenvalue weighted by Gasteiger charge is -2.06. The lowest BCUT2D eigenvalue weighted by atomic mass is 10.1. The van der Waals surface area contributed by atoms with Crippen LogP contribution >= 0.6 is 0 Å². The van der Waals surface area contributed by atoms with Crippen molar-refractivity contribution in [1.82, 2.24) is 0 Å². The Bertz CT molecular complexity index is 506. The predicted molar refractivity (Wildman–Crippen MR) is 53.5 cm³/mol. The highest BCUT2D eigenvalue weighted by Gasteiger charge is 2.24. The van der Waals surface area contributed by atoms with Crippen LogP contribution in [0.3, 0.4) is 0 Å². The van der Waals surface area contributed by atoms with Crippen molar-refractivity contribution in [2.75, 3.05) is 0 Å². The van der Waals surface area contributed by atoms with Gasteiger partial charge in [-0.2, -0.15) is 8.42 Å². The molecule has 1 rings (SSSR count). The van der Waals surface area contributed by atoms with E-state index in [0.717, 1.165) is 24.3 Å². The first-order valence-electron chi connectivity index (χ1n) is 4.02. The van der Waals surface area contributed by atoms with Crippen LogP contribution < -0.4 is 0 Å². The molecule has 0 heterocycles. The standard InChI is InChI=1S/C8H7NO6S/c10-5-8(16(13,14)15)6-1-3-7(4-2-6)9(11)12/h1-5,8H,(H,13,14,15). The van der Waals surface area contributed by atoms with Crippen LogP contribution in [-0.2, 0) is 14.9 Å². The van der Waals surface area contributed by atoms with E-state index >= 15 is 0 Å². The Morgan fingerprint density at radius 2 is 1.81 bits per heavy atom. The number of aldehydes is 1. The first-order valence-corrected chi connectivity index (χ1v) is 5.52. The SMILES string of the molecule is O=CC(c1ccc([N+](=O)[O-])cc1)S(=O)(=O)O. The second-order valence-electron chi connectivity index (χ2n) is 2.92. The molecule has 0 fully saturated rings. The number of hydrogen-bond donors (Lipinski definition) is 1. The lowest BCUT2D eigenvalue weighted by molar-refractivity contribution is -0.384. The normalized spacial score (nSPS) is 13.1. The van der Waals surface area contributed by atoms with Gasteiger partial charge in [0.2, 0.25) is 0 Å². The van der Waals surface area contributed by atoms with Gasteiger partial charge in [-0.25, -0.2) is 0 Å². The van der Waals surface area contributed by atoms with Gasteiger partial charge in [0.25, 0.3) is 15.8 Å². The minimum atomic E-state index is -4.54. The van der Waals surface area contributed by atoms with E-state index < -0.39 is 20.3 Å². The molecule has 1 aromatic carbocycles. The molecule has 1 atom stereocenters. The fourth-order valence-electron chi connectivity index (χ4n) is 1.11. The Balaban J connectivity index is 3.15. The molecule has 7 nitrogen and oxygen atoms in total. The highest BCUT2D eigenvalue weighted by atomic mass is 32.2. The minimum absolute atomic E-state index is 0.0249. The van der Waals surface area contributed by atoms with Crippen molar-refractivity contribution in [2.45, 2.75) is 5.25 Å². The summed E-state index contributed by atoms with van der Waals surface area (Å²) >= 11 is 0. The first-order chi connectivity index (χ1) is 7.36. The van der Waals surface area contributed by atoms with Crippen molar-refractivity contribution < 1.29 is 22.7 Å². The molecule has 0 spiro atoms. The van der Waals surface area contributed by atoms with E-state index in [1.165, 1.54) is 0 Å². The maximum atomic E-state index is 10.8. The Morgan fingerprint density at radius 1 is 1.31 bits per heavy atom. The molecule has 0 saturated carbocycles. The average Bonchev–Trinajstić information content (AvgIpc) is 2.17. The molecule has 0 aliphatic carbocycles. The number of non-ortho nitro benzene ring substituents is 1. The fraction of sp³-hybridized carbons (Fsp3) is 0.125. The first kappa shape index (κ1) is 12.3. The van der Waals surface area contributed by atoms with Crippen LogP contribution in [0.25, 0.3) is 0 Å². The number of carbonyl (C=O) groups excluding carboxylic acids is 1. The van der Waals surface area contributed by atoms with Gasteiger partial charge in [-0.3, -0.25) is 14.7 Å². The quantitative estimate of drug-likeness (QED) is 0.362. The molecule has 1 aromatic rings. The third kappa shape index (κ3) is 2.61. The summed E-state index contributed by atoms with van der Waals surface area (Å²) in [5.74, 6) is 0. The summed E-state index contributed by atoms with van der Waals surface area (Å²) in [6.45, 7) is 0. The van der Waals surface area contributed by atoms with Crippen molar-refractivity contribution in [3.63, 3.8) is 0 Å². The summed E-state index contributed by atoms with van der Waals surface area (Å²) in [4.78, 5) is 20.2. The zero-order chi connectivity index (χ0) is 12.3. The van der Waals surface area contributed by atoms with Crippen molar-refractivity contribution in [3.8, 4) is 0 Å². The maximum Gasteiger partial charge on any atom is 0.278 e. The minimum Gasteiger partial charge on any atom is -0.301 e. The van der Waals surface area contributed by atoms with E-state index in [2.05, 4.69) is 0 Å². The molecule has 0 saturated heterocycles. The molecular weight excluding hydrogens is 238 g/mol. The average molecular weight is 245 g/mol. The smallest absolute Gasteiger partial charge is 0.278 e. The zero-order valence-corrected chi connectivity index (χ0v) is 8.62. The Morgan fingerprint density at radius 3 is 2.12 bits per heavy atom. The number of rotatable bonds is 4. The topological polar surface area (TPSA) is 115 Å². The van der Waals surface area contributed by atoms with Crippen molar-refractivity contribution in [2.24, 2.45) is 0 Å². The summed E-state index contributed by atoms with van der Waals surface area (Å²) in [5, 5.41) is 8.60. The molecular formula is C8H7NO6S. The van der Waals surface area contributed by atoms with Gasteiger partial charge in [0.15, 0.2) is 5.25 Å². The molecule has 16 heavy (non-hydrogen) atoms. The van der Waals surface area contributed by atoms with E-state index in [9.17, 15) is 23.3 Å². The number of hydrogen-bond acceptors (Lipinski definition) is 5. The van der Waals surface area contributed by atoms with Gasteiger partial charge in [0.05, 0.1) is 4.92 Å². The van der Waals surface area contributed by atoms with E-state index in [1.54, 1.807) is 0 Å². The fourth-order valence-corrected chi connectivity index (χ4v) is 1.75. The summed E-state index contributed by atoms with van der Waals surface area (Å²) in [5.41, 5.74) is -0.258. The Hall–Kier alpha value is -1.80. The molecule has 86 valence electrons. The van der Waals surface area contributed by atoms with E-state index in [-0.39, 0.29) is 17.5 Å². The van der Waals surface area contributed by atoms with E-state index in [0.29, 0.717) is 0 Å².